The molecule has 0 amide bonds. The lowest BCUT2D eigenvalue weighted by Gasteiger charge is -2.20. The minimum absolute atomic E-state index is 0.523. The molecule has 0 spiro atoms. The molecule has 1 aromatic rings. The van der Waals surface area contributed by atoms with Gasteiger partial charge in [-0.15, -0.1) is 0 Å². The van der Waals surface area contributed by atoms with E-state index in [4.69, 9.17) is 0 Å². The van der Waals surface area contributed by atoms with Crippen LogP contribution in [0.3, 0.4) is 0 Å². The van der Waals surface area contributed by atoms with Gasteiger partial charge in [0.05, 0.1) is 4.47 Å². The Morgan fingerprint density at radius 3 is 2.69 bits per heavy atom. The first-order valence-electron chi connectivity index (χ1n) is 5.26. The van der Waals surface area contributed by atoms with Crippen LogP contribution in [0.5, 0.6) is 0 Å². The number of anilines is 1. The van der Waals surface area contributed by atoms with E-state index in [1.165, 1.54) is 0 Å². The van der Waals surface area contributed by atoms with E-state index in [0.29, 0.717) is 6.04 Å². The molecular weight excluding hydrogens is 334 g/mol. The standard InChI is InChI=1S/C11H17Br2N3/c1-8(2)14-4-5-16(3)11-10(13)6-9(12)7-15-11/h6-8,14H,4-5H2,1-3H3. The van der Waals surface area contributed by atoms with Crippen LogP contribution in [0.2, 0.25) is 0 Å². The zero-order valence-electron chi connectivity index (χ0n) is 9.80. The van der Waals surface area contributed by atoms with Crippen molar-refractivity contribution in [1.82, 2.24) is 10.3 Å². The number of rotatable bonds is 5. The molecule has 1 aromatic heterocycles. The van der Waals surface area contributed by atoms with Crippen LogP contribution >= 0.6 is 31.9 Å². The van der Waals surface area contributed by atoms with Gasteiger partial charge in [-0.25, -0.2) is 4.98 Å². The second kappa shape index (κ2) is 6.57. The van der Waals surface area contributed by atoms with E-state index in [-0.39, 0.29) is 0 Å². The van der Waals surface area contributed by atoms with Crippen molar-refractivity contribution in [3.8, 4) is 0 Å². The van der Waals surface area contributed by atoms with Crippen molar-refractivity contribution in [1.29, 1.82) is 0 Å². The molecule has 16 heavy (non-hydrogen) atoms. The summed E-state index contributed by atoms with van der Waals surface area (Å²) in [5, 5.41) is 3.38. The van der Waals surface area contributed by atoms with E-state index in [9.17, 15) is 0 Å². The fourth-order valence-electron chi connectivity index (χ4n) is 1.32. The number of nitrogens with one attached hydrogen (secondary N) is 1. The Balaban J connectivity index is 2.55. The van der Waals surface area contributed by atoms with Gasteiger partial charge in [-0.05, 0) is 37.9 Å². The van der Waals surface area contributed by atoms with E-state index in [2.05, 4.69) is 60.9 Å². The van der Waals surface area contributed by atoms with Crippen molar-refractivity contribution < 1.29 is 0 Å². The first-order valence-corrected chi connectivity index (χ1v) is 6.85. The molecule has 0 unspecified atom stereocenters. The summed E-state index contributed by atoms with van der Waals surface area (Å²) >= 11 is 6.91. The molecule has 90 valence electrons. The van der Waals surface area contributed by atoms with Crippen LogP contribution in [0.25, 0.3) is 0 Å². The van der Waals surface area contributed by atoms with Gasteiger partial charge in [-0.1, -0.05) is 13.8 Å². The Bertz CT molecular complexity index is 342. The summed E-state index contributed by atoms with van der Waals surface area (Å²) in [5.41, 5.74) is 0. The van der Waals surface area contributed by atoms with Crippen molar-refractivity contribution in [2.45, 2.75) is 19.9 Å². The maximum atomic E-state index is 4.38. The predicted octanol–water partition coefficient (Wildman–Crippen LogP) is 3.04. The van der Waals surface area contributed by atoms with Crippen molar-refractivity contribution in [2.24, 2.45) is 0 Å². The Morgan fingerprint density at radius 1 is 1.44 bits per heavy atom. The van der Waals surface area contributed by atoms with Gasteiger partial charge in [0, 0.05) is 36.8 Å². The summed E-state index contributed by atoms with van der Waals surface area (Å²) in [5.74, 6) is 0.966. The normalized spacial score (nSPS) is 10.9. The van der Waals surface area contributed by atoms with Gasteiger partial charge in [-0.3, -0.25) is 0 Å². The van der Waals surface area contributed by atoms with E-state index in [0.717, 1.165) is 27.9 Å². The van der Waals surface area contributed by atoms with Gasteiger partial charge in [0.1, 0.15) is 5.82 Å². The number of hydrogen-bond acceptors (Lipinski definition) is 3. The lowest BCUT2D eigenvalue weighted by atomic mass is 10.4. The van der Waals surface area contributed by atoms with Crippen LogP contribution in [0.4, 0.5) is 5.82 Å². The molecule has 0 bridgehead atoms. The molecule has 0 aliphatic heterocycles. The van der Waals surface area contributed by atoms with Crippen LogP contribution in [-0.4, -0.2) is 31.2 Å². The highest BCUT2D eigenvalue weighted by molar-refractivity contribution is 9.11. The van der Waals surface area contributed by atoms with Gasteiger partial charge in [0.15, 0.2) is 0 Å². The summed E-state index contributed by atoms with van der Waals surface area (Å²) in [6.07, 6.45) is 1.81. The molecule has 1 rings (SSSR count). The Kier molecular flexibility index (Phi) is 5.72. The summed E-state index contributed by atoms with van der Waals surface area (Å²) < 4.78 is 1.99. The van der Waals surface area contributed by atoms with Gasteiger partial charge >= 0.3 is 0 Å². The smallest absolute Gasteiger partial charge is 0.142 e. The monoisotopic (exact) mass is 349 g/mol. The summed E-state index contributed by atoms with van der Waals surface area (Å²) in [4.78, 5) is 6.51. The SMILES string of the molecule is CC(C)NCCN(C)c1ncc(Br)cc1Br. The van der Waals surface area contributed by atoms with Crippen LogP contribution < -0.4 is 10.2 Å². The van der Waals surface area contributed by atoms with E-state index in [1.807, 2.05) is 19.3 Å². The molecule has 1 heterocycles. The van der Waals surface area contributed by atoms with Crippen LogP contribution in [0, 0.1) is 0 Å². The third kappa shape index (κ3) is 4.39. The summed E-state index contributed by atoms with van der Waals surface area (Å²) in [6.45, 7) is 6.19. The number of aromatic nitrogens is 1. The first kappa shape index (κ1) is 13.9. The highest BCUT2D eigenvalue weighted by atomic mass is 79.9. The Morgan fingerprint density at radius 2 is 2.12 bits per heavy atom. The third-order valence-electron chi connectivity index (χ3n) is 2.15. The van der Waals surface area contributed by atoms with Crippen LogP contribution in [0.1, 0.15) is 13.8 Å². The molecule has 1 N–H and O–H groups in total. The van der Waals surface area contributed by atoms with Crippen molar-refractivity contribution in [2.75, 3.05) is 25.0 Å². The van der Waals surface area contributed by atoms with Crippen molar-refractivity contribution >= 4 is 37.7 Å². The predicted molar refractivity (Wildman–Crippen MR) is 76.0 cm³/mol. The zero-order chi connectivity index (χ0) is 12.1. The van der Waals surface area contributed by atoms with Crippen LogP contribution in [0.15, 0.2) is 21.2 Å². The molecule has 0 saturated carbocycles. The molecule has 0 aliphatic rings. The number of halogens is 2. The van der Waals surface area contributed by atoms with E-state index in [1.54, 1.807) is 0 Å². The Hall–Kier alpha value is -0.130. The molecule has 0 aromatic carbocycles. The fraction of sp³-hybridized carbons (Fsp3) is 0.545. The number of nitrogens with zero attached hydrogens (tertiary/aromatic N) is 2. The topological polar surface area (TPSA) is 28.2 Å². The van der Waals surface area contributed by atoms with E-state index >= 15 is 0 Å². The number of likely N-dealkylation sites (N-methyl/N-ethyl adjacent to an activating group) is 1. The molecule has 0 aliphatic carbocycles. The molecule has 0 atom stereocenters. The second-order valence-electron chi connectivity index (χ2n) is 3.99. The van der Waals surface area contributed by atoms with Gasteiger partial charge < -0.3 is 10.2 Å². The second-order valence-corrected chi connectivity index (χ2v) is 5.76. The highest BCUT2D eigenvalue weighted by Crippen LogP contribution is 2.25. The molecule has 5 heteroatoms. The number of pyridine rings is 1. The zero-order valence-corrected chi connectivity index (χ0v) is 13.0. The van der Waals surface area contributed by atoms with Crippen molar-refractivity contribution in [3.63, 3.8) is 0 Å². The lowest BCUT2D eigenvalue weighted by Crippen LogP contribution is -2.33. The molecule has 0 saturated heterocycles. The van der Waals surface area contributed by atoms with Crippen molar-refractivity contribution in [3.05, 3.63) is 21.2 Å². The van der Waals surface area contributed by atoms with Crippen LogP contribution in [-0.2, 0) is 0 Å². The minimum Gasteiger partial charge on any atom is -0.357 e. The molecule has 0 fully saturated rings. The minimum atomic E-state index is 0.523. The van der Waals surface area contributed by atoms with Gasteiger partial charge in [-0.2, -0.15) is 0 Å². The third-order valence-corrected chi connectivity index (χ3v) is 3.17. The maximum absolute atomic E-state index is 4.38. The number of hydrogen-bond donors (Lipinski definition) is 1. The Labute approximate surface area is 114 Å². The summed E-state index contributed by atoms with van der Waals surface area (Å²) in [6, 6.07) is 2.53. The van der Waals surface area contributed by atoms with Gasteiger partial charge in [0.2, 0.25) is 0 Å². The molecule has 0 radical (unpaired) electrons. The maximum Gasteiger partial charge on any atom is 0.142 e. The average Bonchev–Trinajstić information content (AvgIpc) is 2.16. The largest absolute Gasteiger partial charge is 0.357 e. The van der Waals surface area contributed by atoms with Gasteiger partial charge in [0.25, 0.3) is 0 Å². The fourth-order valence-corrected chi connectivity index (χ4v) is 2.61. The summed E-state index contributed by atoms with van der Waals surface area (Å²) in [7, 11) is 2.04. The molecular formula is C11H17Br2N3. The molecule has 3 nitrogen and oxygen atoms in total. The lowest BCUT2D eigenvalue weighted by molar-refractivity contribution is 0.588. The quantitative estimate of drug-likeness (QED) is 0.884. The first-order chi connectivity index (χ1) is 7.50. The average molecular weight is 351 g/mol. The highest BCUT2D eigenvalue weighted by Gasteiger charge is 2.07. The van der Waals surface area contributed by atoms with E-state index < -0.39 is 0 Å².